The maximum absolute atomic E-state index is 13.0. The summed E-state index contributed by atoms with van der Waals surface area (Å²) >= 11 is 0. The van der Waals surface area contributed by atoms with Crippen molar-refractivity contribution in [3.8, 4) is 0 Å². The molecule has 19 heteroatoms. The van der Waals surface area contributed by atoms with Gasteiger partial charge in [0.05, 0.1) is 26.4 Å². The summed E-state index contributed by atoms with van der Waals surface area (Å²) in [4.78, 5) is 72.3. The molecule has 0 heterocycles. The molecule has 0 aromatic rings. The van der Waals surface area contributed by atoms with E-state index < -0.39 is 97.5 Å². The minimum atomic E-state index is -4.95. The molecule has 516 valence electrons. The summed E-state index contributed by atoms with van der Waals surface area (Å²) in [5, 5.41) is 10.6. The standard InChI is InChI=1S/C68H132O17P2/c1-7-10-12-14-16-17-18-19-20-23-26-33-39-45-51-66(71)79-57-64(84-67(72)52-46-40-34-27-24-21-22-25-31-36-42-48-60(4)5)59-83-87(76,77)81-55-62(69)54-80-86(74,75)82-58-63(56-78-65(70)50-44-38-30-15-13-11-8-2)85-68(73)53-47-41-35-29-28-32-37-43-49-61(6)9-3/h60-64,69H,7-59H2,1-6H3,(H,74,75)(H,76,77)/t61?,62-,63+,64+/m0/s1. The molecule has 3 unspecified atom stereocenters. The van der Waals surface area contributed by atoms with Crippen LogP contribution in [-0.4, -0.2) is 96.7 Å². The van der Waals surface area contributed by atoms with Gasteiger partial charge in [0.1, 0.15) is 19.3 Å². The lowest BCUT2D eigenvalue weighted by Gasteiger charge is -2.21. The Kier molecular flexibility index (Phi) is 59.0. The summed E-state index contributed by atoms with van der Waals surface area (Å²) in [6, 6.07) is 0. The summed E-state index contributed by atoms with van der Waals surface area (Å²) < 4.78 is 68.1. The van der Waals surface area contributed by atoms with E-state index in [0.29, 0.717) is 25.7 Å². The van der Waals surface area contributed by atoms with Gasteiger partial charge in [-0.3, -0.25) is 37.3 Å². The lowest BCUT2D eigenvalue weighted by Crippen LogP contribution is -2.30. The predicted molar refractivity (Wildman–Crippen MR) is 349 cm³/mol. The van der Waals surface area contributed by atoms with Crippen molar-refractivity contribution in [2.24, 2.45) is 11.8 Å². The van der Waals surface area contributed by atoms with Crippen LogP contribution in [0.1, 0.15) is 343 Å². The lowest BCUT2D eigenvalue weighted by atomic mass is 9.99. The third kappa shape index (κ3) is 61.3. The fourth-order valence-electron chi connectivity index (χ4n) is 10.2. The molecule has 0 rings (SSSR count). The quantitative estimate of drug-likeness (QED) is 0.0222. The van der Waals surface area contributed by atoms with Crippen molar-refractivity contribution in [2.75, 3.05) is 39.6 Å². The van der Waals surface area contributed by atoms with Crippen LogP contribution in [0.15, 0.2) is 0 Å². The molecule has 0 bridgehead atoms. The van der Waals surface area contributed by atoms with Crippen LogP contribution >= 0.6 is 15.6 Å². The number of hydrogen-bond donors (Lipinski definition) is 3. The fraction of sp³-hybridized carbons (Fsp3) is 0.941. The molecule has 0 spiro atoms. The Labute approximate surface area is 530 Å². The molecule has 0 fully saturated rings. The van der Waals surface area contributed by atoms with Crippen LogP contribution in [0.25, 0.3) is 0 Å². The van der Waals surface area contributed by atoms with Gasteiger partial charge in [0.15, 0.2) is 12.2 Å². The minimum Gasteiger partial charge on any atom is -0.462 e. The number of carbonyl (C=O) groups excluding carboxylic acids is 4. The van der Waals surface area contributed by atoms with E-state index in [9.17, 15) is 43.2 Å². The van der Waals surface area contributed by atoms with Crippen molar-refractivity contribution >= 4 is 39.5 Å². The molecule has 0 aromatic heterocycles. The van der Waals surface area contributed by atoms with Crippen molar-refractivity contribution < 1.29 is 80.2 Å². The molecular formula is C68H132O17P2. The van der Waals surface area contributed by atoms with Gasteiger partial charge in [-0.1, -0.05) is 292 Å². The van der Waals surface area contributed by atoms with Crippen LogP contribution in [0.4, 0.5) is 0 Å². The first-order chi connectivity index (χ1) is 41.9. The number of phosphoric acid groups is 2. The number of rotatable bonds is 67. The second-order valence-electron chi connectivity index (χ2n) is 25.3. The third-order valence-electron chi connectivity index (χ3n) is 16.1. The van der Waals surface area contributed by atoms with Crippen LogP contribution in [0.3, 0.4) is 0 Å². The number of aliphatic hydroxyl groups excluding tert-OH is 1. The molecule has 0 radical (unpaired) electrons. The van der Waals surface area contributed by atoms with Crippen molar-refractivity contribution in [3.63, 3.8) is 0 Å². The summed E-state index contributed by atoms with van der Waals surface area (Å²) in [5.41, 5.74) is 0. The predicted octanol–water partition coefficient (Wildman–Crippen LogP) is 19.2. The van der Waals surface area contributed by atoms with Gasteiger partial charge in [-0.15, -0.1) is 0 Å². The number of carbonyl (C=O) groups is 4. The first-order valence-electron chi connectivity index (χ1n) is 35.5. The molecule has 87 heavy (non-hydrogen) atoms. The number of ether oxygens (including phenoxy) is 4. The highest BCUT2D eigenvalue weighted by Gasteiger charge is 2.30. The maximum Gasteiger partial charge on any atom is 0.472 e. The Bertz CT molecular complexity index is 1700. The average molecular weight is 1280 g/mol. The smallest absolute Gasteiger partial charge is 0.462 e. The van der Waals surface area contributed by atoms with Crippen molar-refractivity contribution in [1.82, 2.24) is 0 Å². The Hall–Kier alpha value is -1.94. The van der Waals surface area contributed by atoms with Gasteiger partial charge in [-0.25, -0.2) is 9.13 Å². The van der Waals surface area contributed by atoms with Crippen molar-refractivity contribution in [3.05, 3.63) is 0 Å². The molecule has 0 saturated heterocycles. The van der Waals surface area contributed by atoms with E-state index in [2.05, 4.69) is 41.5 Å². The molecule has 0 aliphatic carbocycles. The Morgan fingerprint density at radius 3 is 0.874 bits per heavy atom. The first-order valence-corrected chi connectivity index (χ1v) is 38.5. The van der Waals surface area contributed by atoms with Crippen LogP contribution in [-0.2, 0) is 65.4 Å². The number of unbranched alkanes of at least 4 members (excludes halogenated alkanes) is 36. The van der Waals surface area contributed by atoms with E-state index in [4.69, 9.17) is 37.0 Å². The normalized spacial score (nSPS) is 14.5. The summed E-state index contributed by atoms with van der Waals surface area (Å²) in [5.74, 6) is -0.596. The zero-order valence-corrected chi connectivity index (χ0v) is 58.1. The Balaban J connectivity index is 5.22. The molecule has 0 aromatic carbocycles. The van der Waals surface area contributed by atoms with Crippen molar-refractivity contribution in [2.45, 2.75) is 362 Å². The number of esters is 4. The van der Waals surface area contributed by atoms with Gasteiger partial charge >= 0.3 is 39.5 Å². The SMILES string of the molecule is CCCCCCCCCCCCCCCCC(=O)OC[C@H](COP(=O)(O)OC[C@@H](O)COP(=O)(O)OC[C@@H](COC(=O)CCCCCCCCC)OC(=O)CCCCCCCCCCC(C)CC)OC(=O)CCCCCCCCCCCCCC(C)C. The monoisotopic (exact) mass is 1280 g/mol. The van der Waals surface area contributed by atoms with Crippen LogP contribution in [0.5, 0.6) is 0 Å². The zero-order valence-electron chi connectivity index (χ0n) is 56.3. The summed E-state index contributed by atoms with van der Waals surface area (Å²) in [6.45, 7) is 9.49. The topological polar surface area (TPSA) is 237 Å². The number of hydrogen-bond acceptors (Lipinski definition) is 15. The molecule has 0 amide bonds. The van der Waals surface area contributed by atoms with E-state index in [-0.39, 0.29) is 25.7 Å². The number of phosphoric ester groups is 2. The highest BCUT2D eigenvalue weighted by Crippen LogP contribution is 2.45. The Morgan fingerprint density at radius 2 is 0.586 bits per heavy atom. The largest absolute Gasteiger partial charge is 0.472 e. The minimum absolute atomic E-state index is 0.105. The zero-order chi connectivity index (χ0) is 64.3. The van der Waals surface area contributed by atoms with Gasteiger partial charge in [0.25, 0.3) is 0 Å². The molecule has 3 N–H and O–H groups in total. The summed E-state index contributed by atoms with van der Waals surface area (Å²) in [7, 11) is -9.89. The van der Waals surface area contributed by atoms with Gasteiger partial charge in [0.2, 0.25) is 0 Å². The average Bonchev–Trinajstić information content (AvgIpc) is 3.66. The maximum atomic E-state index is 13.0. The molecule has 0 aliphatic rings. The molecular weight excluding hydrogens is 1150 g/mol. The number of aliphatic hydroxyl groups is 1. The van der Waals surface area contributed by atoms with E-state index in [1.165, 1.54) is 148 Å². The second-order valence-corrected chi connectivity index (χ2v) is 28.2. The van der Waals surface area contributed by atoms with E-state index >= 15 is 0 Å². The highest BCUT2D eigenvalue weighted by molar-refractivity contribution is 7.47. The molecule has 0 aliphatic heterocycles. The first kappa shape index (κ1) is 85.1. The van der Waals surface area contributed by atoms with Crippen molar-refractivity contribution in [1.29, 1.82) is 0 Å². The third-order valence-corrected chi connectivity index (χ3v) is 18.0. The second kappa shape index (κ2) is 60.3. The van der Waals surface area contributed by atoms with Gasteiger partial charge in [0, 0.05) is 25.7 Å². The molecule has 17 nitrogen and oxygen atoms in total. The van der Waals surface area contributed by atoms with Crippen LogP contribution in [0.2, 0.25) is 0 Å². The molecule has 0 saturated carbocycles. The fourth-order valence-corrected chi connectivity index (χ4v) is 11.8. The van der Waals surface area contributed by atoms with Gasteiger partial charge < -0.3 is 33.8 Å². The Morgan fingerprint density at radius 1 is 0.333 bits per heavy atom. The van der Waals surface area contributed by atoms with E-state index in [1.54, 1.807) is 0 Å². The lowest BCUT2D eigenvalue weighted by molar-refractivity contribution is -0.161. The van der Waals surface area contributed by atoms with Crippen LogP contribution in [0, 0.1) is 11.8 Å². The van der Waals surface area contributed by atoms with E-state index in [0.717, 1.165) is 115 Å². The summed E-state index contributed by atoms with van der Waals surface area (Å²) in [6.07, 6.45) is 44.4. The van der Waals surface area contributed by atoms with Gasteiger partial charge in [-0.05, 0) is 37.5 Å². The highest BCUT2D eigenvalue weighted by atomic mass is 31.2. The van der Waals surface area contributed by atoms with Gasteiger partial charge in [-0.2, -0.15) is 0 Å². The van der Waals surface area contributed by atoms with E-state index in [1.807, 2.05) is 0 Å². The van der Waals surface area contributed by atoms with Crippen LogP contribution < -0.4 is 0 Å². The molecule has 6 atom stereocenters.